The zero-order chi connectivity index (χ0) is 12.8. The summed E-state index contributed by atoms with van der Waals surface area (Å²) in [6.07, 6.45) is 13.0. The summed E-state index contributed by atoms with van der Waals surface area (Å²) >= 11 is 0. The molecule has 2 aliphatic rings. The number of primary amides is 1. The summed E-state index contributed by atoms with van der Waals surface area (Å²) < 4.78 is 0. The topological polar surface area (TPSA) is 67.5 Å². The van der Waals surface area contributed by atoms with Crippen molar-refractivity contribution in [3.63, 3.8) is 0 Å². The van der Waals surface area contributed by atoms with Crippen molar-refractivity contribution in [3.05, 3.63) is 0 Å². The number of rotatable bonds is 1. The third-order valence-corrected chi connectivity index (χ3v) is 4.17. The molecular formula is C14H25N3O. The smallest absolute Gasteiger partial charge is 0.332 e. The Kier molecular flexibility index (Phi) is 5.02. The number of nitrogens with one attached hydrogen (secondary N) is 1. The first-order valence-corrected chi connectivity index (χ1v) is 7.39. The van der Waals surface area contributed by atoms with Gasteiger partial charge in [-0.05, 0) is 31.6 Å². The third-order valence-electron chi connectivity index (χ3n) is 4.17. The molecule has 2 aliphatic carbocycles. The molecule has 0 bridgehead atoms. The molecule has 0 spiro atoms. The lowest BCUT2D eigenvalue weighted by Crippen LogP contribution is -2.26. The van der Waals surface area contributed by atoms with Gasteiger partial charge in [0, 0.05) is 11.6 Å². The monoisotopic (exact) mass is 251 g/mol. The number of hydrogen-bond acceptors (Lipinski definition) is 2. The van der Waals surface area contributed by atoms with Crippen LogP contribution < -0.4 is 11.2 Å². The number of hydrazone groups is 1. The number of amides is 2. The number of nitrogens with zero attached hydrogens (tertiary/aromatic N) is 1. The first-order valence-electron chi connectivity index (χ1n) is 7.39. The number of carbonyl (C=O) groups is 1. The lowest BCUT2D eigenvalue weighted by molar-refractivity contribution is 0.249. The lowest BCUT2D eigenvalue weighted by atomic mass is 10.00. The van der Waals surface area contributed by atoms with E-state index in [2.05, 4.69) is 10.5 Å². The average Bonchev–Trinajstić information content (AvgIpc) is 3.07. The minimum absolute atomic E-state index is 0.550. The van der Waals surface area contributed by atoms with Gasteiger partial charge in [-0.3, -0.25) is 0 Å². The summed E-state index contributed by atoms with van der Waals surface area (Å²) in [4.78, 5) is 10.7. The van der Waals surface area contributed by atoms with Crippen LogP contribution in [0.5, 0.6) is 0 Å². The Balaban J connectivity index is 1.89. The molecule has 2 fully saturated rings. The molecule has 0 aromatic heterocycles. The fourth-order valence-electron chi connectivity index (χ4n) is 3.02. The normalized spacial score (nSPS) is 31.9. The quantitative estimate of drug-likeness (QED) is 0.690. The Labute approximate surface area is 109 Å². The van der Waals surface area contributed by atoms with Gasteiger partial charge >= 0.3 is 6.03 Å². The van der Waals surface area contributed by atoms with Gasteiger partial charge in [-0.2, -0.15) is 5.10 Å². The van der Waals surface area contributed by atoms with Crippen LogP contribution in [-0.2, 0) is 0 Å². The van der Waals surface area contributed by atoms with E-state index in [1.165, 1.54) is 63.5 Å². The Morgan fingerprint density at radius 1 is 1.11 bits per heavy atom. The van der Waals surface area contributed by atoms with E-state index in [1.807, 2.05) is 0 Å². The predicted molar refractivity (Wildman–Crippen MR) is 73.3 cm³/mol. The molecule has 2 atom stereocenters. The van der Waals surface area contributed by atoms with Crippen molar-refractivity contribution in [2.45, 2.75) is 64.2 Å². The van der Waals surface area contributed by atoms with E-state index in [4.69, 9.17) is 5.73 Å². The summed E-state index contributed by atoms with van der Waals surface area (Å²) in [6, 6.07) is -0.550. The third kappa shape index (κ3) is 4.31. The predicted octanol–water partition coefficient (Wildman–Crippen LogP) is 3.17. The van der Waals surface area contributed by atoms with Gasteiger partial charge in [0.1, 0.15) is 0 Å². The Morgan fingerprint density at radius 2 is 1.78 bits per heavy atom. The van der Waals surface area contributed by atoms with Crippen LogP contribution in [0.2, 0.25) is 0 Å². The molecular weight excluding hydrogens is 226 g/mol. The second-order valence-corrected chi connectivity index (χ2v) is 5.70. The zero-order valence-corrected chi connectivity index (χ0v) is 11.2. The Morgan fingerprint density at radius 3 is 2.50 bits per heavy atom. The van der Waals surface area contributed by atoms with Crippen LogP contribution in [0.25, 0.3) is 0 Å². The van der Waals surface area contributed by atoms with E-state index in [0.717, 1.165) is 12.3 Å². The largest absolute Gasteiger partial charge is 0.350 e. The highest BCUT2D eigenvalue weighted by Gasteiger charge is 2.39. The fourth-order valence-corrected chi connectivity index (χ4v) is 3.02. The average molecular weight is 251 g/mol. The number of fused-ring (bicyclic) bond motifs is 1. The van der Waals surface area contributed by atoms with Crippen LogP contribution in [0.1, 0.15) is 64.2 Å². The highest BCUT2D eigenvalue weighted by molar-refractivity contribution is 5.90. The molecule has 0 heterocycles. The van der Waals surface area contributed by atoms with Crippen molar-refractivity contribution in [2.24, 2.45) is 22.7 Å². The van der Waals surface area contributed by atoms with Crippen LogP contribution in [0, 0.1) is 11.8 Å². The standard InChI is InChI=1S/C14H25N3O/c15-14(18)17-16-13-9-7-5-3-1-2-4-6-8-11-10-12(11)13/h11-12H,1-10H2,(H3,15,17,18)/b16-13+/t11-,12-/m0/s1. The molecule has 4 nitrogen and oxygen atoms in total. The molecule has 0 radical (unpaired) electrons. The van der Waals surface area contributed by atoms with Gasteiger partial charge in [0.05, 0.1) is 0 Å². The van der Waals surface area contributed by atoms with E-state index < -0.39 is 6.03 Å². The van der Waals surface area contributed by atoms with Crippen molar-refractivity contribution in [3.8, 4) is 0 Å². The number of carbonyl (C=O) groups excluding carboxylic acids is 1. The van der Waals surface area contributed by atoms with Crippen LogP contribution in [0.3, 0.4) is 0 Å². The van der Waals surface area contributed by atoms with Gasteiger partial charge in [-0.15, -0.1) is 0 Å². The van der Waals surface area contributed by atoms with Gasteiger partial charge in [-0.25, -0.2) is 10.2 Å². The Hall–Kier alpha value is -1.06. The summed E-state index contributed by atoms with van der Waals surface area (Å²) in [5.41, 5.74) is 8.67. The first kappa shape index (κ1) is 13.4. The first-order chi connectivity index (χ1) is 8.77. The van der Waals surface area contributed by atoms with Crippen LogP contribution >= 0.6 is 0 Å². The molecule has 0 aliphatic heterocycles. The van der Waals surface area contributed by atoms with E-state index in [9.17, 15) is 4.79 Å². The molecule has 2 saturated carbocycles. The Bertz CT molecular complexity index is 314. The van der Waals surface area contributed by atoms with Crippen molar-refractivity contribution in [1.82, 2.24) is 5.43 Å². The number of nitrogens with two attached hydrogens (primary N) is 1. The van der Waals surface area contributed by atoms with Gasteiger partial charge in [0.15, 0.2) is 0 Å². The molecule has 3 N–H and O–H groups in total. The van der Waals surface area contributed by atoms with Gasteiger partial charge < -0.3 is 5.73 Å². The summed E-state index contributed by atoms with van der Waals surface area (Å²) in [5.74, 6) is 1.44. The molecule has 18 heavy (non-hydrogen) atoms. The van der Waals surface area contributed by atoms with Crippen molar-refractivity contribution in [1.29, 1.82) is 0 Å². The maximum atomic E-state index is 10.7. The molecule has 0 aromatic rings. The van der Waals surface area contributed by atoms with Crippen LogP contribution in [-0.4, -0.2) is 11.7 Å². The van der Waals surface area contributed by atoms with Gasteiger partial charge in [0.25, 0.3) is 0 Å². The fraction of sp³-hybridized carbons (Fsp3) is 0.857. The van der Waals surface area contributed by atoms with Crippen molar-refractivity contribution < 1.29 is 4.79 Å². The van der Waals surface area contributed by atoms with E-state index in [0.29, 0.717) is 5.92 Å². The van der Waals surface area contributed by atoms with E-state index in [1.54, 1.807) is 0 Å². The van der Waals surface area contributed by atoms with Crippen molar-refractivity contribution in [2.75, 3.05) is 0 Å². The minimum atomic E-state index is -0.550. The maximum absolute atomic E-state index is 10.7. The molecule has 2 rings (SSSR count). The molecule has 0 saturated heterocycles. The van der Waals surface area contributed by atoms with Gasteiger partial charge in [0.2, 0.25) is 0 Å². The molecule has 102 valence electrons. The molecule has 2 amide bonds. The number of hydrogen-bond donors (Lipinski definition) is 2. The van der Waals surface area contributed by atoms with Crippen LogP contribution in [0.15, 0.2) is 5.10 Å². The summed E-state index contributed by atoms with van der Waals surface area (Å²) in [5, 5.41) is 4.23. The molecule has 0 unspecified atom stereocenters. The minimum Gasteiger partial charge on any atom is -0.350 e. The van der Waals surface area contributed by atoms with Gasteiger partial charge in [-0.1, -0.05) is 38.5 Å². The second-order valence-electron chi connectivity index (χ2n) is 5.70. The lowest BCUT2D eigenvalue weighted by Gasteiger charge is -2.08. The molecule has 4 heteroatoms. The zero-order valence-electron chi connectivity index (χ0n) is 11.2. The van der Waals surface area contributed by atoms with Crippen molar-refractivity contribution >= 4 is 11.7 Å². The maximum Gasteiger partial charge on any atom is 0.332 e. The second kappa shape index (κ2) is 6.76. The van der Waals surface area contributed by atoms with E-state index >= 15 is 0 Å². The van der Waals surface area contributed by atoms with Crippen LogP contribution in [0.4, 0.5) is 4.79 Å². The highest BCUT2D eigenvalue weighted by atomic mass is 16.2. The van der Waals surface area contributed by atoms with E-state index in [-0.39, 0.29) is 0 Å². The number of urea groups is 1. The summed E-state index contributed by atoms with van der Waals surface area (Å²) in [6.45, 7) is 0. The molecule has 0 aromatic carbocycles. The highest BCUT2D eigenvalue weighted by Crippen LogP contribution is 2.44. The summed E-state index contributed by atoms with van der Waals surface area (Å²) in [7, 11) is 0. The SMILES string of the molecule is NC(=O)N/N=C1\CCCCCCCCC[C@H]2C[C@H]12.